The largest absolute Gasteiger partial charge is 0.268 e. The van der Waals surface area contributed by atoms with Crippen molar-refractivity contribution in [3.8, 4) is 0 Å². The van der Waals surface area contributed by atoms with Crippen LogP contribution in [-0.2, 0) is 0 Å². The van der Waals surface area contributed by atoms with Crippen molar-refractivity contribution in [1.82, 2.24) is 0 Å². The highest BCUT2D eigenvalue weighted by atomic mass is 14.7. The fourth-order valence-corrected chi connectivity index (χ4v) is 0.428. The van der Waals surface area contributed by atoms with E-state index in [1.54, 1.807) is 18.6 Å². The number of nitrogens with zero attached hydrogens (tertiary/aromatic N) is 2. The first-order valence-corrected chi connectivity index (χ1v) is 3.56. The molecule has 0 amide bonds. The predicted molar refractivity (Wildman–Crippen MR) is 46.7 cm³/mol. The zero-order valence-electron chi connectivity index (χ0n) is 6.62. The normalized spacial score (nSPS) is 12.6. The van der Waals surface area contributed by atoms with E-state index in [1.165, 1.54) is 0 Å². The molecule has 0 radical (unpaired) electrons. The van der Waals surface area contributed by atoms with Gasteiger partial charge in [0.2, 0.25) is 0 Å². The first-order valence-electron chi connectivity index (χ1n) is 3.56. The summed E-state index contributed by atoms with van der Waals surface area (Å²) in [5, 5.41) is 0. The maximum atomic E-state index is 3.98. The number of aliphatic imine (C=N–C) groups is 2. The van der Waals surface area contributed by atoms with Crippen LogP contribution in [0.4, 0.5) is 0 Å². The molecule has 0 atom stereocenters. The number of unbranched alkanes of at least 4 members (excludes halogenated alkanes) is 1. The molecular formula is C8H14N2. The summed E-state index contributed by atoms with van der Waals surface area (Å²) in [6.45, 7) is 4.00. The van der Waals surface area contributed by atoms with Gasteiger partial charge in [0.15, 0.2) is 0 Å². The van der Waals surface area contributed by atoms with Crippen molar-refractivity contribution in [1.29, 1.82) is 0 Å². The van der Waals surface area contributed by atoms with Gasteiger partial charge in [0.05, 0.1) is 0 Å². The van der Waals surface area contributed by atoms with E-state index < -0.39 is 0 Å². The average Bonchev–Trinajstić information content (AvgIpc) is 1.97. The maximum absolute atomic E-state index is 3.98. The maximum Gasteiger partial charge on any atom is 0.0446 e. The molecule has 2 nitrogen and oxygen atoms in total. The van der Waals surface area contributed by atoms with Gasteiger partial charge in [0.1, 0.15) is 0 Å². The molecule has 0 saturated carbocycles. The Morgan fingerprint density at radius 2 is 1.90 bits per heavy atom. The van der Waals surface area contributed by atoms with Crippen molar-refractivity contribution in [2.45, 2.75) is 26.7 Å². The molecule has 0 unspecified atom stereocenters. The first-order chi connectivity index (χ1) is 4.91. The molecule has 0 N–H and O–H groups in total. The van der Waals surface area contributed by atoms with Gasteiger partial charge in [-0.15, -0.1) is 0 Å². The van der Waals surface area contributed by atoms with E-state index in [1.807, 2.05) is 13.1 Å². The van der Waals surface area contributed by atoms with E-state index in [-0.39, 0.29) is 0 Å². The first kappa shape index (κ1) is 9.08. The molecule has 0 bridgehead atoms. The lowest BCUT2D eigenvalue weighted by molar-refractivity contribution is 1.01. The van der Waals surface area contributed by atoms with Crippen LogP contribution in [-0.4, -0.2) is 12.4 Å². The Kier molecular flexibility index (Phi) is 7.34. The van der Waals surface area contributed by atoms with E-state index in [0.717, 1.165) is 12.8 Å². The minimum Gasteiger partial charge on any atom is -0.268 e. The summed E-state index contributed by atoms with van der Waals surface area (Å²) >= 11 is 0. The molecule has 0 aliphatic heterocycles. The van der Waals surface area contributed by atoms with Gasteiger partial charge in [-0.05, 0) is 13.3 Å². The summed E-state index contributed by atoms with van der Waals surface area (Å²) in [5.74, 6) is 0. The molecule has 0 saturated heterocycles. The lowest BCUT2D eigenvalue weighted by Crippen LogP contribution is -1.68. The second-order valence-corrected chi connectivity index (χ2v) is 1.83. The van der Waals surface area contributed by atoms with Crippen LogP contribution in [0.1, 0.15) is 26.7 Å². The van der Waals surface area contributed by atoms with Crippen molar-refractivity contribution in [2.24, 2.45) is 9.98 Å². The highest BCUT2D eigenvalue weighted by molar-refractivity contribution is 5.58. The van der Waals surface area contributed by atoms with Crippen molar-refractivity contribution in [2.75, 3.05) is 0 Å². The summed E-state index contributed by atoms with van der Waals surface area (Å²) in [5.41, 5.74) is 0. The molecule has 0 fully saturated rings. The van der Waals surface area contributed by atoms with Crippen LogP contribution in [0.3, 0.4) is 0 Å². The molecule has 0 rings (SSSR count). The third-order valence-corrected chi connectivity index (χ3v) is 0.911. The van der Waals surface area contributed by atoms with Gasteiger partial charge in [-0.3, -0.25) is 9.98 Å². The topological polar surface area (TPSA) is 24.7 Å². The predicted octanol–water partition coefficient (Wildman–Crippen LogP) is 2.42. The third kappa shape index (κ3) is 7.08. The van der Waals surface area contributed by atoms with Gasteiger partial charge < -0.3 is 0 Å². The van der Waals surface area contributed by atoms with Crippen LogP contribution in [0.5, 0.6) is 0 Å². The standard InChI is InChI=1S/C8H14N2/c1-3-5-6-10-8-7-9-4-2/h4,6-8H,3,5H2,1-2H3/b8-7-,9-4-,10-6-. The van der Waals surface area contributed by atoms with Crippen molar-refractivity contribution in [3.05, 3.63) is 12.4 Å². The summed E-state index contributed by atoms with van der Waals surface area (Å²) in [6.07, 6.45) is 9.17. The Balaban J connectivity index is 3.32. The minimum atomic E-state index is 1.04. The molecular weight excluding hydrogens is 124 g/mol. The second-order valence-electron chi connectivity index (χ2n) is 1.83. The molecule has 2 heteroatoms. The van der Waals surface area contributed by atoms with Crippen LogP contribution in [0, 0.1) is 0 Å². The van der Waals surface area contributed by atoms with Crippen molar-refractivity contribution < 1.29 is 0 Å². The molecule has 0 aromatic carbocycles. The molecule has 0 aliphatic carbocycles. The Morgan fingerprint density at radius 3 is 2.50 bits per heavy atom. The summed E-state index contributed by atoms with van der Waals surface area (Å²) in [7, 11) is 0. The monoisotopic (exact) mass is 138 g/mol. The smallest absolute Gasteiger partial charge is 0.0446 e. The van der Waals surface area contributed by atoms with Gasteiger partial charge in [-0.2, -0.15) is 0 Å². The van der Waals surface area contributed by atoms with Gasteiger partial charge in [-0.25, -0.2) is 0 Å². The van der Waals surface area contributed by atoms with E-state index in [4.69, 9.17) is 0 Å². The lowest BCUT2D eigenvalue weighted by Gasteiger charge is -1.78. The molecule has 0 spiro atoms. The quantitative estimate of drug-likeness (QED) is 0.533. The highest BCUT2D eigenvalue weighted by Crippen LogP contribution is 1.81. The van der Waals surface area contributed by atoms with Gasteiger partial charge in [-0.1, -0.05) is 13.3 Å². The van der Waals surface area contributed by atoms with E-state index in [9.17, 15) is 0 Å². The third-order valence-electron chi connectivity index (χ3n) is 0.911. The zero-order chi connectivity index (χ0) is 7.66. The Bertz CT molecular complexity index is 134. The summed E-state index contributed by atoms with van der Waals surface area (Å²) < 4.78 is 0. The minimum absolute atomic E-state index is 1.04. The van der Waals surface area contributed by atoms with E-state index in [2.05, 4.69) is 16.9 Å². The molecule has 10 heavy (non-hydrogen) atoms. The van der Waals surface area contributed by atoms with Gasteiger partial charge in [0, 0.05) is 24.8 Å². The number of hydrogen-bond donors (Lipinski definition) is 0. The van der Waals surface area contributed by atoms with Gasteiger partial charge in [0.25, 0.3) is 0 Å². The zero-order valence-corrected chi connectivity index (χ0v) is 6.62. The SMILES string of the molecule is C\C=N/C=C\N=C/CCC. The highest BCUT2D eigenvalue weighted by Gasteiger charge is 1.68. The average molecular weight is 138 g/mol. The van der Waals surface area contributed by atoms with Crippen LogP contribution in [0.15, 0.2) is 22.4 Å². The fourth-order valence-electron chi connectivity index (χ4n) is 0.428. The van der Waals surface area contributed by atoms with Crippen molar-refractivity contribution in [3.63, 3.8) is 0 Å². The summed E-state index contributed by atoms with van der Waals surface area (Å²) in [4.78, 5) is 7.83. The lowest BCUT2D eigenvalue weighted by atomic mass is 10.4. The van der Waals surface area contributed by atoms with E-state index >= 15 is 0 Å². The number of rotatable bonds is 4. The molecule has 0 aromatic rings. The second kappa shape index (κ2) is 8.08. The van der Waals surface area contributed by atoms with Gasteiger partial charge >= 0.3 is 0 Å². The molecule has 0 aliphatic rings. The molecule has 0 aromatic heterocycles. The molecule has 56 valence electrons. The van der Waals surface area contributed by atoms with Crippen LogP contribution >= 0.6 is 0 Å². The Hall–Kier alpha value is -0.920. The summed E-state index contributed by atoms with van der Waals surface area (Å²) in [6, 6.07) is 0. The van der Waals surface area contributed by atoms with E-state index in [0.29, 0.717) is 0 Å². The Labute approximate surface area is 62.4 Å². The Morgan fingerprint density at radius 1 is 1.20 bits per heavy atom. The van der Waals surface area contributed by atoms with Crippen LogP contribution < -0.4 is 0 Å². The van der Waals surface area contributed by atoms with Crippen LogP contribution in [0.2, 0.25) is 0 Å². The fraction of sp³-hybridized carbons (Fsp3) is 0.500. The molecule has 0 heterocycles. The number of hydrogen-bond acceptors (Lipinski definition) is 2. The van der Waals surface area contributed by atoms with Crippen molar-refractivity contribution >= 4 is 12.4 Å². The van der Waals surface area contributed by atoms with Crippen LogP contribution in [0.25, 0.3) is 0 Å².